The zero-order chi connectivity index (χ0) is 12.7. The van der Waals surface area contributed by atoms with Gasteiger partial charge in [-0.15, -0.1) is 11.6 Å². The number of alkyl halides is 1. The second kappa shape index (κ2) is 7.73. The van der Waals surface area contributed by atoms with Gasteiger partial charge in [-0.1, -0.05) is 44.2 Å². The van der Waals surface area contributed by atoms with Crippen molar-refractivity contribution < 1.29 is 4.74 Å². The second-order valence-electron chi connectivity index (χ2n) is 4.91. The Balaban J connectivity index is 2.23. The first kappa shape index (κ1) is 14.5. The maximum atomic E-state index is 6.18. The summed E-state index contributed by atoms with van der Waals surface area (Å²) in [7, 11) is 0. The lowest BCUT2D eigenvalue weighted by atomic mass is 9.90. The number of hydrogen-bond acceptors (Lipinski definition) is 1. The Kier molecular flexibility index (Phi) is 6.61. The zero-order valence-corrected chi connectivity index (χ0v) is 11.8. The number of ether oxygens (including phenoxy) is 1. The van der Waals surface area contributed by atoms with Gasteiger partial charge < -0.3 is 4.74 Å². The number of benzene rings is 1. The Hall–Kier alpha value is -0.530. The van der Waals surface area contributed by atoms with Crippen molar-refractivity contribution in [3.63, 3.8) is 0 Å². The normalized spacial score (nSPS) is 14.9. The highest BCUT2D eigenvalue weighted by Crippen LogP contribution is 2.23. The summed E-state index contributed by atoms with van der Waals surface area (Å²) in [5, 5.41) is 0.218. The molecular formula is C15H23ClO. The molecule has 0 fully saturated rings. The summed E-state index contributed by atoms with van der Waals surface area (Å²) in [5.41, 5.74) is 1.23. The molecule has 0 N–H and O–H groups in total. The Morgan fingerprint density at radius 1 is 1.12 bits per heavy atom. The fraction of sp³-hybridized carbons (Fsp3) is 0.600. The average Bonchev–Trinajstić information content (AvgIpc) is 2.29. The summed E-state index contributed by atoms with van der Waals surface area (Å²) >= 11 is 6.18. The van der Waals surface area contributed by atoms with Crippen LogP contribution in [0.15, 0.2) is 30.3 Å². The second-order valence-corrected chi connectivity index (χ2v) is 5.60. The van der Waals surface area contributed by atoms with Crippen LogP contribution in [-0.2, 0) is 11.3 Å². The molecule has 0 saturated heterocycles. The summed E-state index contributed by atoms with van der Waals surface area (Å²) < 4.78 is 5.69. The summed E-state index contributed by atoms with van der Waals surface area (Å²) in [6.07, 6.45) is 1.04. The number of rotatable bonds is 7. The van der Waals surface area contributed by atoms with E-state index in [4.69, 9.17) is 16.3 Å². The van der Waals surface area contributed by atoms with E-state index in [1.54, 1.807) is 0 Å². The van der Waals surface area contributed by atoms with Crippen LogP contribution in [0.5, 0.6) is 0 Å². The van der Waals surface area contributed by atoms with Crippen LogP contribution in [-0.4, -0.2) is 12.0 Å². The van der Waals surface area contributed by atoms with E-state index in [2.05, 4.69) is 32.9 Å². The largest absolute Gasteiger partial charge is 0.377 e. The standard InChI is InChI=1S/C15H23ClO/c1-12(2)15(13(3)16)9-10-17-11-14-7-5-4-6-8-14/h4-8,12-13,15H,9-11H2,1-3H3. The predicted molar refractivity (Wildman–Crippen MR) is 74.4 cm³/mol. The van der Waals surface area contributed by atoms with Crippen molar-refractivity contribution >= 4 is 11.6 Å². The van der Waals surface area contributed by atoms with Crippen molar-refractivity contribution in [2.75, 3.05) is 6.61 Å². The maximum absolute atomic E-state index is 6.18. The van der Waals surface area contributed by atoms with Crippen molar-refractivity contribution in [2.24, 2.45) is 11.8 Å². The van der Waals surface area contributed by atoms with Crippen LogP contribution in [0.4, 0.5) is 0 Å². The monoisotopic (exact) mass is 254 g/mol. The van der Waals surface area contributed by atoms with Crippen molar-refractivity contribution in [3.05, 3.63) is 35.9 Å². The molecule has 1 nitrogen and oxygen atoms in total. The van der Waals surface area contributed by atoms with Gasteiger partial charge in [0.1, 0.15) is 0 Å². The third kappa shape index (κ3) is 5.56. The summed E-state index contributed by atoms with van der Waals surface area (Å²) in [4.78, 5) is 0. The first-order chi connectivity index (χ1) is 8.11. The van der Waals surface area contributed by atoms with Crippen LogP contribution in [0, 0.1) is 11.8 Å². The van der Waals surface area contributed by atoms with Gasteiger partial charge in [0, 0.05) is 12.0 Å². The van der Waals surface area contributed by atoms with Gasteiger partial charge in [0.05, 0.1) is 6.61 Å². The Morgan fingerprint density at radius 3 is 2.29 bits per heavy atom. The van der Waals surface area contributed by atoms with Gasteiger partial charge in [-0.2, -0.15) is 0 Å². The SMILES string of the molecule is CC(C)C(CCOCc1ccccc1)C(C)Cl. The highest BCUT2D eigenvalue weighted by Gasteiger charge is 2.18. The topological polar surface area (TPSA) is 9.23 Å². The van der Waals surface area contributed by atoms with Crippen molar-refractivity contribution in [2.45, 2.75) is 39.2 Å². The van der Waals surface area contributed by atoms with Crippen LogP contribution in [0.3, 0.4) is 0 Å². The molecule has 0 aromatic heterocycles. The Morgan fingerprint density at radius 2 is 1.76 bits per heavy atom. The molecule has 96 valence electrons. The molecule has 0 aliphatic carbocycles. The van der Waals surface area contributed by atoms with Crippen LogP contribution < -0.4 is 0 Å². The maximum Gasteiger partial charge on any atom is 0.0716 e. The first-order valence-corrected chi connectivity index (χ1v) is 6.80. The molecule has 1 aromatic rings. The third-order valence-corrected chi connectivity index (χ3v) is 3.48. The Bertz CT molecular complexity index is 287. The summed E-state index contributed by atoms with van der Waals surface area (Å²) in [6, 6.07) is 10.3. The van der Waals surface area contributed by atoms with Crippen molar-refractivity contribution in [1.82, 2.24) is 0 Å². The summed E-state index contributed by atoms with van der Waals surface area (Å²) in [6.45, 7) is 8.00. The molecule has 0 spiro atoms. The molecule has 2 unspecified atom stereocenters. The first-order valence-electron chi connectivity index (χ1n) is 6.37. The van der Waals surface area contributed by atoms with Gasteiger partial charge in [0.2, 0.25) is 0 Å². The molecule has 0 radical (unpaired) electrons. The minimum Gasteiger partial charge on any atom is -0.377 e. The molecule has 0 amide bonds. The van der Waals surface area contributed by atoms with Crippen LogP contribution in [0.25, 0.3) is 0 Å². The van der Waals surface area contributed by atoms with Gasteiger partial charge in [0.25, 0.3) is 0 Å². The van der Waals surface area contributed by atoms with E-state index in [1.807, 2.05) is 18.2 Å². The highest BCUT2D eigenvalue weighted by atomic mass is 35.5. The molecule has 0 aliphatic rings. The summed E-state index contributed by atoms with van der Waals surface area (Å²) in [5.74, 6) is 1.15. The van der Waals surface area contributed by atoms with Crippen LogP contribution >= 0.6 is 11.6 Å². The zero-order valence-electron chi connectivity index (χ0n) is 11.0. The molecule has 1 rings (SSSR count). The van der Waals surface area contributed by atoms with Gasteiger partial charge >= 0.3 is 0 Å². The molecule has 17 heavy (non-hydrogen) atoms. The molecule has 0 aliphatic heterocycles. The fourth-order valence-corrected chi connectivity index (χ4v) is 2.49. The van der Waals surface area contributed by atoms with E-state index in [0.717, 1.165) is 13.0 Å². The lowest BCUT2D eigenvalue weighted by Crippen LogP contribution is -2.20. The van der Waals surface area contributed by atoms with Gasteiger partial charge in [-0.3, -0.25) is 0 Å². The average molecular weight is 255 g/mol. The van der Waals surface area contributed by atoms with Crippen LogP contribution in [0.2, 0.25) is 0 Å². The molecule has 2 heteroatoms. The minimum absolute atomic E-state index is 0.218. The van der Waals surface area contributed by atoms with E-state index in [0.29, 0.717) is 18.4 Å². The molecule has 1 aromatic carbocycles. The van der Waals surface area contributed by atoms with E-state index >= 15 is 0 Å². The lowest BCUT2D eigenvalue weighted by Gasteiger charge is -2.23. The smallest absolute Gasteiger partial charge is 0.0716 e. The van der Waals surface area contributed by atoms with Gasteiger partial charge in [0.15, 0.2) is 0 Å². The quantitative estimate of drug-likeness (QED) is 0.515. The van der Waals surface area contributed by atoms with E-state index in [9.17, 15) is 0 Å². The predicted octanol–water partition coefficient (Wildman–Crippen LogP) is 4.49. The highest BCUT2D eigenvalue weighted by molar-refractivity contribution is 6.20. The molecule has 0 heterocycles. The molecule has 0 bridgehead atoms. The minimum atomic E-state index is 0.218. The lowest BCUT2D eigenvalue weighted by molar-refractivity contribution is 0.101. The number of hydrogen-bond donors (Lipinski definition) is 0. The van der Waals surface area contributed by atoms with E-state index < -0.39 is 0 Å². The van der Waals surface area contributed by atoms with Crippen molar-refractivity contribution in [3.8, 4) is 0 Å². The van der Waals surface area contributed by atoms with Gasteiger partial charge in [-0.05, 0) is 30.7 Å². The molecule has 0 saturated carbocycles. The number of halogens is 1. The molecular weight excluding hydrogens is 232 g/mol. The van der Waals surface area contributed by atoms with Crippen LogP contribution in [0.1, 0.15) is 32.8 Å². The van der Waals surface area contributed by atoms with E-state index in [-0.39, 0.29) is 5.38 Å². The van der Waals surface area contributed by atoms with E-state index in [1.165, 1.54) is 5.56 Å². The Labute approximate surface area is 110 Å². The molecule has 2 atom stereocenters. The van der Waals surface area contributed by atoms with Crippen molar-refractivity contribution in [1.29, 1.82) is 0 Å². The fourth-order valence-electron chi connectivity index (χ4n) is 2.08. The van der Waals surface area contributed by atoms with Gasteiger partial charge in [-0.25, -0.2) is 0 Å². The third-order valence-electron chi connectivity index (χ3n) is 3.15.